The molecular formula is C119H76B2N4O2. The van der Waals surface area contributed by atoms with E-state index in [-0.39, 0.29) is 24.5 Å². The van der Waals surface area contributed by atoms with E-state index < -0.39 is 5.41 Å². The van der Waals surface area contributed by atoms with E-state index in [1.54, 1.807) is 0 Å². The molecule has 8 heterocycles. The summed E-state index contributed by atoms with van der Waals surface area (Å²) in [5.41, 5.74) is 48.5. The molecule has 8 heteroatoms. The number of hydrogen-bond donors (Lipinski definition) is 0. The Morgan fingerprint density at radius 1 is 0.252 bits per heavy atom. The van der Waals surface area contributed by atoms with E-state index in [0.29, 0.717) is 0 Å². The van der Waals surface area contributed by atoms with Crippen molar-refractivity contribution in [2.75, 3.05) is 19.4 Å². The molecule has 0 bridgehead atoms. The molecule has 29 rings (SSSR count). The van der Waals surface area contributed by atoms with Crippen molar-refractivity contribution < 1.29 is 8.83 Å². The predicted octanol–water partition coefficient (Wildman–Crippen LogP) is 28.3. The van der Waals surface area contributed by atoms with Gasteiger partial charge in [-0.25, -0.2) is 0 Å². The minimum Gasteiger partial charge on any atom is -0.456 e. The minimum atomic E-state index is -0.605. The Bertz CT molecular complexity index is 8470. The first-order chi connectivity index (χ1) is 62.5. The fourth-order valence-electron chi connectivity index (χ4n) is 24.9. The van der Waals surface area contributed by atoms with Gasteiger partial charge < -0.3 is 28.3 Å². The molecule has 21 aromatic rings. The molecule has 1 spiro atoms. The van der Waals surface area contributed by atoms with Gasteiger partial charge in [-0.2, -0.15) is 0 Å². The lowest BCUT2D eigenvalue weighted by atomic mass is 9.42. The SMILES string of the molecule is CC1(C)c2cc3ccccc3cc2N2c3cc4oc5cc(-c6ccc(-c7ccc(N8B9c%10cccc%11c%10N(c%10ccccc%10C%11%10c%11ccccc%11-c%11ccccc%11%10)c%10cc%11c(oc%12ccccc%12%11)c(c%109)-c9ccc(-c%10ccccc%10)cc98)cc7)cc6)ccc5c4c4c3B(c3cccc1c32)N(c1cccc2c1C(C)(C)c1ccccc1-2)c1cc(-c2ccccc2)ccc1-4. The first kappa shape index (κ1) is 69.8. The number of fused-ring (bicyclic) bond motifs is 31. The van der Waals surface area contributed by atoms with Crippen LogP contribution in [0.25, 0.3) is 144 Å². The van der Waals surface area contributed by atoms with Crippen molar-refractivity contribution in [3.63, 3.8) is 0 Å². The molecule has 0 radical (unpaired) electrons. The van der Waals surface area contributed by atoms with Crippen LogP contribution >= 0.6 is 0 Å². The second-order valence-electron chi connectivity index (χ2n) is 37.1. The third-order valence-corrected chi connectivity index (χ3v) is 30.3. The van der Waals surface area contributed by atoms with Crippen LogP contribution in [0.3, 0.4) is 0 Å². The van der Waals surface area contributed by atoms with E-state index in [1.165, 1.54) is 156 Å². The topological polar surface area (TPSA) is 39.2 Å². The van der Waals surface area contributed by atoms with Crippen molar-refractivity contribution in [2.24, 2.45) is 0 Å². The average molecular weight is 1620 g/mol. The Morgan fingerprint density at radius 3 is 1.45 bits per heavy atom. The van der Waals surface area contributed by atoms with E-state index in [4.69, 9.17) is 8.83 Å². The highest BCUT2D eigenvalue weighted by Gasteiger charge is 2.58. The molecular weight excluding hydrogens is 1540 g/mol. The summed E-state index contributed by atoms with van der Waals surface area (Å²) in [5, 5.41) is 6.89. The van der Waals surface area contributed by atoms with Crippen LogP contribution in [0, 0.1) is 0 Å². The minimum absolute atomic E-state index is 0.247. The Hall–Kier alpha value is -15.6. The second-order valence-corrected chi connectivity index (χ2v) is 37.1. The molecule has 0 saturated heterocycles. The van der Waals surface area contributed by atoms with E-state index in [0.717, 1.165) is 111 Å². The highest BCUT2D eigenvalue weighted by Crippen LogP contribution is 2.66. The first-order valence-corrected chi connectivity index (χ1v) is 44.7. The van der Waals surface area contributed by atoms with Crippen LogP contribution in [0.5, 0.6) is 0 Å². The smallest absolute Gasteiger partial charge is 0.333 e. The van der Waals surface area contributed by atoms with Gasteiger partial charge in [0.15, 0.2) is 0 Å². The van der Waals surface area contributed by atoms with Gasteiger partial charge in [-0.1, -0.05) is 337 Å². The van der Waals surface area contributed by atoms with Gasteiger partial charge in [0, 0.05) is 101 Å². The van der Waals surface area contributed by atoms with Crippen LogP contribution in [0.4, 0.5) is 56.9 Å². The monoisotopic (exact) mass is 1610 g/mol. The lowest BCUT2D eigenvalue weighted by molar-refractivity contribution is 0.633. The summed E-state index contributed by atoms with van der Waals surface area (Å²) in [5.74, 6) is 0. The molecule has 0 atom stereocenters. The summed E-state index contributed by atoms with van der Waals surface area (Å²) < 4.78 is 14.9. The maximum absolute atomic E-state index is 7.58. The highest BCUT2D eigenvalue weighted by atomic mass is 16.3. The zero-order chi connectivity index (χ0) is 83.3. The molecule has 19 aromatic carbocycles. The molecule has 0 fully saturated rings. The van der Waals surface area contributed by atoms with Crippen molar-refractivity contribution >= 4 is 147 Å². The molecule has 0 unspecified atom stereocenters. The molecule has 0 saturated carbocycles. The van der Waals surface area contributed by atoms with Crippen molar-refractivity contribution in [3.05, 3.63) is 433 Å². The highest BCUT2D eigenvalue weighted by molar-refractivity contribution is 6.95. The van der Waals surface area contributed by atoms with E-state index in [2.05, 4.69) is 435 Å². The van der Waals surface area contributed by atoms with Gasteiger partial charge in [0.25, 0.3) is 0 Å². The van der Waals surface area contributed by atoms with Gasteiger partial charge in [-0.05, 0) is 222 Å². The summed E-state index contributed by atoms with van der Waals surface area (Å²) in [6.45, 7) is 9.21. The molecule has 0 amide bonds. The van der Waals surface area contributed by atoms with Crippen molar-refractivity contribution in [3.8, 4) is 89.0 Å². The maximum Gasteiger partial charge on any atom is 0.333 e. The number of furan rings is 2. The number of benzene rings is 19. The van der Waals surface area contributed by atoms with E-state index in [9.17, 15) is 0 Å². The molecule has 6 nitrogen and oxygen atoms in total. The normalized spacial score (nSPS) is 15.0. The van der Waals surface area contributed by atoms with Crippen molar-refractivity contribution in [1.82, 2.24) is 0 Å². The Morgan fingerprint density at radius 2 is 0.740 bits per heavy atom. The summed E-state index contributed by atoms with van der Waals surface area (Å²) in [6.07, 6.45) is 0. The molecule has 0 N–H and O–H groups in total. The van der Waals surface area contributed by atoms with E-state index in [1.807, 2.05) is 0 Å². The van der Waals surface area contributed by atoms with E-state index >= 15 is 0 Å². The lowest BCUT2D eigenvalue weighted by Gasteiger charge is -2.51. The van der Waals surface area contributed by atoms with Crippen LogP contribution in [-0.2, 0) is 16.2 Å². The first-order valence-electron chi connectivity index (χ1n) is 44.7. The van der Waals surface area contributed by atoms with Gasteiger partial charge in [-0.3, -0.25) is 0 Å². The van der Waals surface area contributed by atoms with Crippen LogP contribution in [0.2, 0.25) is 0 Å². The summed E-state index contributed by atoms with van der Waals surface area (Å²) in [6, 6.07) is 147. The number of anilines is 10. The number of rotatable bonds is 6. The quantitative estimate of drug-likeness (QED) is 0.155. The van der Waals surface area contributed by atoms with Gasteiger partial charge in [0.05, 0.1) is 16.8 Å². The zero-order valence-electron chi connectivity index (χ0n) is 70.2. The fourth-order valence-corrected chi connectivity index (χ4v) is 24.9. The van der Waals surface area contributed by atoms with Gasteiger partial charge in [0.2, 0.25) is 0 Å². The summed E-state index contributed by atoms with van der Waals surface area (Å²) in [7, 11) is 0. The molecule has 127 heavy (non-hydrogen) atoms. The third-order valence-electron chi connectivity index (χ3n) is 30.3. The second kappa shape index (κ2) is 24.9. The molecule has 2 aromatic heterocycles. The third kappa shape index (κ3) is 9.01. The Kier molecular flexibility index (Phi) is 13.7. The van der Waals surface area contributed by atoms with Crippen LogP contribution in [-0.4, -0.2) is 13.7 Å². The Labute approximate surface area is 736 Å². The van der Waals surface area contributed by atoms with Crippen LogP contribution in [0.1, 0.15) is 72.2 Å². The van der Waals surface area contributed by atoms with Crippen LogP contribution in [0.15, 0.2) is 397 Å². The van der Waals surface area contributed by atoms with Crippen molar-refractivity contribution in [2.45, 2.75) is 43.9 Å². The standard InChI is InChI=1S/C119H76B2N4O2/c1-117(2)93-41-24-43-96-114(93)123(102-65-75-31-12-11-30-74(75)62-95(102)117)104-68-107-108(109-85-59-54-77(70-28-9-6-10-29-70)64-101(85)125(121(96)112(104)109)99-46-23-36-84-82-34-13-17-37-89(82)118(3,4)111(84)99)87-61-56-78(66-106(87)126-107)73-50-48-71(49-51-73)72-52-57-79(58-53-72)124-100-63-76(69-26-7-5-8-27-69)55-60-86(100)110-113-103(67-88-83-35-16-22-47-105(83)127-116(88)110)122-98-45-21-20-40-92(98)119(94-42-25-44-97(115(94)122)120(113)124)90-38-18-14-32-80(90)81-33-15-19-39-91(81)119/h5-68H,1-4H3. The Balaban J connectivity index is 0.593. The number of nitrogens with zero attached hydrogens (tertiary/aromatic N) is 4. The molecule has 2 aliphatic carbocycles. The van der Waals surface area contributed by atoms with Gasteiger partial charge in [0.1, 0.15) is 22.3 Å². The maximum atomic E-state index is 7.58. The largest absolute Gasteiger partial charge is 0.456 e. The zero-order valence-corrected chi connectivity index (χ0v) is 70.2. The number of hydrogen-bond acceptors (Lipinski definition) is 6. The lowest BCUT2D eigenvalue weighted by Crippen LogP contribution is -2.62. The number of para-hydroxylation sites is 4. The summed E-state index contributed by atoms with van der Waals surface area (Å²) >= 11 is 0. The summed E-state index contributed by atoms with van der Waals surface area (Å²) in [4.78, 5) is 10.7. The van der Waals surface area contributed by atoms with Gasteiger partial charge in [-0.15, -0.1) is 0 Å². The molecule has 8 aliphatic rings. The molecule has 6 aliphatic heterocycles. The predicted molar refractivity (Wildman–Crippen MR) is 528 cm³/mol. The van der Waals surface area contributed by atoms with Crippen LogP contribution < -0.4 is 41.3 Å². The fraction of sp³-hybridized carbons (Fsp3) is 0.0588. The average Bonchev–Trinajstić information content (AvgIpc) is 1.65. The molecule has 590 valence electrons. The van der Waals surface area contributed by atoms with Crippen molar-refractivity contribution in [1.29, 1.82) is 0 Å². The van der Waals surface area contributed by atoms with Gasteiger partial charge >= 0.3 is 13.7 Å².